The predicted molar refractivity (Wildman–Crippen MR) is 93.1 cm³/mol. The molecule has 10 nitrogen and oxygen atoms in total. The van der Waals surface area contributed by atoms with Gasteiger partial charge in [-0.25, -0.2) is 4.68 Å². The summed E-state index contributed by atoms with van der Waals surface area (Å²) in [5.74, 6) is 0.367. The maximum atomic E-state index is 12.1. The fraction of sp³-hybridized carbons (Fsp3) is 0.143. The summed E-state index contributed by atoms with van der Waals surface area (Å²) in [5, 5.41) is 25.1. The number of furan rings is 1. The number of hydrogen-bond donors (Lipinski definition) is 1. The van der Waals surface area contributed by atoms with Crippen LogP contribution in [0.4, 0.5) is 11.4 Å². The Balaban J connectivity index is 1.58. The average Bonchev–Trinajstić information content (AvgIpc) is 3.27. The minimum absolute atomic E-state index is 0.0336. The van der Waals surface area contributed by atoms with Crippen molar-refractivity contribution in [3.63, 3.8) is 0 Å². The molecule has 1 N–H and O–H groups in total. The van der Waals surface area contributed by atoms with Gasteiger partial charge in [-0.3, -0.25) is 14.9 Å². The minimum Gasteiger partial charge on any atom is -0.467 e. The molecule has 0 bridgehead atoms. The van der Waals surface area contributed by atoms with Crippen LogP contribution in [0, 0.1) is 10.1 Å². The number of anilines is 1. The molecule has 2 heterocycles. The SMILES string of the molecule is O=C(CSc1nnnn1Cc1ccco1)Nc1ccc([N+](=O)[O-])cc1Cl. The topological polar surface area (TPSA) is 129 Å². The van der Waals surface area contributed by atoms with E-state index in [-0.39, 0.29) is 28.1 Å². The highest BCUT2D eigenvalue weighted by Gasteiger charge is 2.14. The number of amides is 1. The van der Waals surface area contributed by atoms with Gasteiger partial charge in [0.15, 0.2) is 0 Å². The molecular weight excluding hydrogens is 384 g/mol. The van der Waals surface area contributed by atoms with E-state index in [4.69, 9.17) is 16.0 Å². The van der Waals surface area contributed by atoms with Crippen molar-refractivity contribution < 1.29 is 14.1 Å². The number of nitrogens with zero attached hydrogens (tertiary/aromatic N) is 5. The molecule has 1 amide bonds. The summed E-state index contributed by atoms with van der Waals surface area (Å²) in [7, 11) is 0. The van der Waals surface area contributed by atoms with Gasteiger partial charge in [-0.05, 0) is 28.6 Å². The monoisotopic (exact) mass is 394 g/mol. The van der Waals surface area contributed by atoms with Crippen LogP contribution in [-0.2, 0) is 11.3 Å². The van der Waals surface area contributed by atoms with E-state index in [1.54, 1.807) is 18.4 Å². The lowest BCUT2D eigenvalue weighted by Gasteiger charge is -2.07. The first-order chi connectivity index (χ1) is 12.5. The molecule has 0 fully saturated rings. The lowest BCUT2D eigenvalue weighted by atomic mass is 10.3. The summed E-state index contributed by atoms with van der Waals surface area (Å²) in [6, 6.07) is 7.37. The van der Waals surface area contributed by atoms with Gasteiger partial charge in [0.1, 0.15) is 12.3 Å². The summed E-state index contributed by atoms with van der Waals surface area (Å²) in [6.45, 7) is 0.345. The number of halogens is 1. The van der Waals surface area contributed by atoms with Gasteiger partial charge >= 0.3 is 0 Å². The molecule has 1 aromatic carbocycles. The van der Waals surface area contributed by atoms with Crippen LogP contribution in [0.25, 0.3) is 0 Å². The van der Waals surface area contributed by atoms with Crippen LogP contribution < -0.4 is 5.32 Å². The first-order valence-electron chi connectivity index (χ1n) is 7.18. The molecular formula is C14H11ClN6O4S. The van der Waals surface area contributed by atoms with Crippen LogP contribution in [-0.4, -0.2) is 36.8 Å². The van der Waals surface area contributed by atoms with E-state index in [1.165, 1.54) is 22.9 Å². The number of carbonyl (C=O) groups excluding carboxylic acids is 1. The first kappa shape index (κ1) is 17.9. The number of benzene rings is 1. The second-order valence-corrected chi connectivity index (χ2v) is 6.31. The van der Waals surface area contributed by atoms with E-state index >= 15 is 0 Å². The molecule has 2 aromatic heterocycles. The third-order valence-corrected chi connectivity index (χ3v) is 4.42. The van der Waals surface area contributed by atoms with Crippen molar-refractivity contribution in [2.75, 3.05) is 11.1 Å². The molecule has 12 heteroatoms. The van der Waals surface area contributed by atoms with Crippen molar-refractivity contribution in [1.82, 2.24) is 20.2 Å². The zero-order valence-electron chi connectivity index (χ0n) is 13.0. The summed E-state index contributed by atoms with van der Waals surface area (Å²) >= 11 is 7.09. The van der Waals surface area contributed by atoms with Crippen molar-refractivity contribution >= 4 is 40.6 Å². The standard InChI is InChI=1S/C14H11ClN6O4S/c15-11-6-9(21(23)24)3-4-12(11)16-13(22)8-26-14-17-18-19-20(14)7-10-2-1-5-25-10/h1-6H,7-8H2,(H,16,22). The van der Waals surface area contributed by atoms with Crippen LogP contribution in [0.3, 0.4) is 0 Å². The van der Waals surface area contributed by atoms with Gasteiger partial charge in [0, 0.05) is 12.1 Å². The van der Waals surface area contributed by atoms with Crippen molar-refractivity contribution in [2.45, 2.75) is 11.7 Å². The van der Waals surface area contributed by atoms with E-state index in [2.05, 4.69) is 20.8 Å². The Bertz CT molecular complexity index is 929. The molecule has 3 aromatic rings. The van der Waals surface area contributed by atoms with Crippen LogP contribution >= 0.6 is 23.4 Å². The van der Waals surface area contributed by atoms with E-state index in [0.717, 1.165) is 11.8 Å². The number of hydrogen-bond acceptors (Lipinski definition) is 8. The lowest BCUT2D eigenvalue weighted by Crippen LogP contribution is -2.15. The van der Waals surface area contributed by atoms with E-state index < -0.39 is 4.92 Å². The molecule has 26 heavy (non-hydrogen) atoms. The summed E-state index contributed by atoms with van der Waals surface area (Å²) in [5.41, 5.74) is 0.137. The Morgan fingerprint density at radius 2 is 2.27 bits per heavy atom. The number of thioether (sulfide) groups is 1. The molecule has 0 saturated carbocycles. The number of rotatable bonds is 7. The van der Waals surface area contributed by atoms with E-state index in [1.807, 2.05) is 0 Å². The molecule has 0 aliphatic rings. The third-order valence-electron chi connectivity index (χ3n) is 3.15. The molecule has 134 valence electrons. The summed E-state index contributed by atoms with van der Waals surface area (Å²) in [6.07, 6.45) is 1.55. The maximum absolute atomic E-state index is 12.1. The van der Waals surface area contributed by atoms with Gasteiger partial charge in [-0.1, -0.05) is 23.4 Å². The fourth-order valence-corrected chi connectivity index (χ4v) is 2.88. The van der Waals surface area contributed by atoms with Crippen LogP contribution in [0.15, 0.2) is 46.2 Å². The Labute approximate surface area is 155 Å². The Morgan fingerprint density at radius 1 is 1.42 bits per heavy atom. The van der Waals surface area contributed by atoms with Gasteiger partial charge in [0.05, 0.1) is 27.6 Å². The highest BCUT2D eigenvalue weighted by atomic mass is 35.5. The Hall–Kier alpha value is -2.92. The van der Waals surface area contributed by atoms with Crippen molar-refractivity contribution in [3.05, 3.63) is 57.5 Å². The van der Waals surface area contributed by atoms with Gasteiger partial charge in [0.25, 0.3) is 5.69 Å². The number of nitro groups is 1. The predicted octanol–water partition coefficient (Wildman–Crippen LogP) is 2.61. The van der Waals surface area contributed by atoms with Crippen LogP contribution in [0.5, 0.6) is 0 Å². The average molecular weight is 395 g/mol. The molecule has 0 unspecified atom stereocenters. The summed E-state index contributed by atoms with van der Waals surface area (Å²) in [4.78, 5) is 22.2. The first-order valence-corrected chi connectivity index (χ1v) is 8.54. The highest BCUT2D eigenvalue weighted by Crippen LogP contribution is 2.27. The zero-order chi connectivity index (χ0) is 18.5. The molecule has 0 radical (unpaired) electrons. The zero-order valence-corrected chi connectivity index (χ0v) is 14.6. The molecule has 0 aliphatic heterocycles. The number of aromatic nitrogens is 4. The van der Waals surface area contributed by atoms with E-state index in [0.29, 0.717) is 17.5 Å². The number of nitrogens with one attached hydrogen (secondary N) is 1. The number of carbonyl (C=O) groups is 1. The van der Waals surface area contributed by atoms with Gasteiger partial charge in [-0.2, -0.15) is 0 Å². The normalized spacial score (nSPS) is 10.7. The molecule has 0 atom stereocenters. The number of tetrazole rings is 1. The fourth-order valence-electron chi connectivity index (χ4n) is 1.98. The smallest absolute Gasteiger partial charge is 0.271 e. The highest BCUT2D eigenvalue weighted by molar-refractivity contribution is 7.99. The minimum atomic E-state index is -0.563. The second kappa shape index (κ2) is 7.97. The maximum Gasteiger partial charge on any atom is 0.271 e. The van der Waals surface area contributed by atoms with Crippen molar-refractivity contribution in [1.29, 1.82) is 0 Å². The lowest BCUT2D eigenvalue weighted by molar-refractivity contribution is -0.384. The van der Waals surface area contributed by atoms with Crippen molar-refractivity contribution in [3.8, 4) is 0 Å². The summed E-state index contributed by atoms with van der Waals surface area (Å²) < 4.78 is 6.75. The quantitative estimate of drug-likeness (QED) is 0.367. The van der Waals surface area contributed by atoms with E-state index in [9.17, 15) is 14.9 Å². The third kappa shape index (κ3) is 4.37. The number of non-ortho nitro benzene ring substituents is 1. The largest absolute Gasteiger partial charge is 0.467 e. The van der Waals surface area contributed by atoms with Gasteiger partial charge in [-0.15, -0.1) is 5.10 Å². The second-order valence-electron chi connectivity index (χ2n) is 4.96. The van der Waals surface area contributed by atoms with Crippen LogP contribution in [0.2, 0.25) is 5.02 Å². The van der Waals surface area contributed by atoms with Crippen LogP contribution in [0.1, 0.15) is 5.76 Å². The van der Waals surface area contributed by atoms with Gasteiger partial charge in [0.2, 0.25) is 11.1 Å². The Kier molecular flexibility index (Phi) is 5.49. The molecule has 0 spiro atoms. The Morgan fingerprint density at radius 3 is 2.96 bits per heavy atom. The molecule has 0 aliphatic carbocycles. The molecule has 3 rings (SSSR count). The van der Waals surface area contributed by atoms with Gasteiger partial charge < -0.3 is 9.73 Å². The number of nitro benzene ring substituents is 1. The van der Waals surface area contributed by atoms with Crippen molar-refractivity contribution in [2.24, 2.45) is 0 Å². The molecule has 0 saturated heterocycles.